The third kappa shape index (κ3) is 2.38. The summed E-state index contributed by atoms with van der Waals surface area (Å²) in [6, 6.07) is 6.25. The molecule has 1 aromatic carbocycles. The van der Waals surface area contributed by atoms with Gasteiger partial charge in [0, 0.05) is 7.05 Å². The van der Waals surface area contributed by atoms with Gasteiger partial charge in [-0.3, -0.25) is 0 Å². The van der Waals surface area contributed by atoms with Crippen LogP contribution in [0.2, 0.25) is 0 Å². The van der Waals surface area contributed by atoms with Gasteiger partial charge < -0.3 is 10.1 Å². The standard InChI is InChI=1S/C11H17NO/c1-4-9-6-7-11(13-5-2)10(8-9)12-3/h6-8,12H,4-5H2,1-3H3. The van der Waals surface area contributed by atoms with Gasteiger partial charge in [0.05, 0.1) is 12.3 Å². The van der Waals surface area contributed by atoms with Crippen molar-refractivity contribution in [1.82, 2.24) is 0 Å². The van der Waals surface area contributed by atoms with Gasteiger partial charge in [0.1, 0.15) is 5.75 Å². The van der Waals surface area contributed by atoms with Crippen LogP contribution < -0.4 is 10.1 Å². The number of rotatable bonds is 4. The Morgan fingerprint density at radius 1 is 1.31 bits per heavy atom. The SMILES string of the molecule is CCOc1ccc(CC)cc1NC. The molecule has 1 rings (SSSR count). The molecule has 0 aliphatic carbocycles. The summed E-state index contributed by atoms with van der Waals surface area (Å²) in [5.74, 6) is 0.933. The highest BCUT2D eigenvalue weighted by Gasteiger charge is 2.01. The fraction of sp³-hybridized carbons (Fsp3) is 0.455. The lowest BCUT2D eigenvalue weighted by molar-refractivity contribution is 0.342. The second-order valence-corrected chi connectivity index (χ2v) is 2.87. The molecule has 0 heterocycles. The summed E-state index contributed by atoms with van der Waals surface area (Å²) in [6.45, 7) is 4.85. The van der Waals surface area contributed by atoms with E-state index < -0.39 is 0 Å². The van der Waals surface area contributed by atoms with Crippen molar-refractivity contribution in [2.75, 3.05) is 19.0 Å². The van der Waals surface area contributed by atoms with Gasteiger partial charge in [-0.1, -0.05) is 13.0 Å². The summed E-state index contributed by atoms with van der Waals surface area (Å²) < 4.78 is 5.46. The maximum absolute atomic E-state index is 5.46. The van der Waals surface area contributed by atoms with Crippen LogP contribution in [0.5, 0.6) is 5.75 Å². The van der Waals surface area contributed by atoms with Gasteiger partial charge in [-0.2, -0.15) is 0 Å². The van der Waals surface area contributed by atoms with Gasteiger partial charge >= 0.3 is 0 Å². The Balaban J connectivity index is 2.93. The van der Waals surface area contributed by atoms with Gasteiger partial charge in [-0.25, -0.2) is 0 Å². The van der Waals surface area contributed by atoms with Gasteiger partial charge in [-0.15, -0.1) is 0 Å². The maximum atomic E-state index is 5.46. The molecule has 0 fully saturated rings. The zero-order chi connectivity index (χ0) is 9.68. The van der Waals surface area contributed by atoms with Crippen molar-refractivity contribution in [2.24, 2.45) is 0 Å². The van der Waals surface area contributed by atoms with Crippen LogP contribution in [0.15, 0.2) is 18.2 Å². The number of hydrogen-bond donors (Lipinski definition) is 1. The number of nitrogens with one attached hydrogen (secondary N) is 1. The predicted molar refractivity (Wildman–Crippen MR) is 56.5 cm³/mol. The van der Waals surface area contributed by atoms with Crippen molar-refractivity contribution in [1.29, 1.82) is 0 Å². The molecule has 1 aromatic rings. The molecule has 0 aliphatic rings. The molecule has 0 saturated heterocycles. The molecule has 1 N–H and O–H groups in total. The first-order valence-corrected chi connectivity index (χ1v) is 4.75. The lowest BCUT2D eigenvalue weighted by Crippen LogP contribution is -1.98. The number of benzene rings is 1. The van der Waals surface area contributed by atoms with Crippen molar-refractivity contribution in [3.05, 3.63) is 23.8 Å². The van der Waals surface area contributed by atoms with E-state index in [-0.39, 0.29) is 0 Å². The van der Waals surface area contributed by atoms with Gasteiger partial charge in [0.15, 0.2) is 0 Å². The average molecular weight is 179 g/mol. The molecule has 0 aromatic heterocycles. The van der Waals surface area contributed by atoms with E-state index in [0.717, 1.165) is 17.9 Å². The minimum atomic E-state index is 0.708. The fourth-order valence-corrected chi connectivity index (χ4v) is 1.27. The summed E-state index contributed by atoms with van der Waals surface area (Å²) in [6.07, 6.45) is 1.06. The van der Waals surface area contributed by atoms with E-state index in [2.05, 4.69) is 24.4 Å². The number of anilines is 1. The molecular weight excluding hydrogens is 162 g/mol. The predicted octanol–water partition coefficient (Wildman–Crippen LogP) is 2.69. The van der Waals surface area contributed by atoms with Crippen molar-refractivity contribution in [3.63, 3.8) is 0 Å². The topological polar surface area (TPSA) is 21.3 Å². The average Bonchev–Trinajstić information content (AvgIpc) is 2.19. The van der Waals surface area contributed by atoms with Crippen molar-refractivity contribution < 1.29 is 4.74 Å². The van der Waals surface area contributed by atoms with E-state index in [1.54, 1.807) is 0 Å². The zero-order valence-corrected chi connectivity index (χ0v) is 8.55. The minimum absolute atomic E-state index is 0.708. The summed E-state index contributed by atoms with van der Waals surface area (Å²) in [7, 11) is 1.91. The fourth-order valence-electron chi connectivity index (χ4n) is 1.27. The Kier molecular flexibility index (Phi) is 3.62. The van der Waals surface area contributed by atoms with Crippen LogP contribution in [0.3, 0.4) is 0 Å². The molecule has 0 bridgehead atoms. The summed E-state index contributed by atoms with van der Waals surface area (Å²) in [5.41, 5.74) is 2.40. The van der Waals surface area contributed by atoms with E-state index in [4.69, 9.17) is 4.74 Å². The smallest absolute Gasteiger partial charge is 0.142 e. The highest BCUT2D eigenvalue weighted by Crippen LogP contribution is 2.25. The van der Waals surface area contributed by atoms with E-state index in [1.165, 1.54) is 5.56 Å². The van der Waals surface area contributed by atoms with E-state index in [9.17, 15) is 0 Å². The van der Waals surface area contributed by atoms with Crippen LogP contribution in [0, 0.1) is 0 Å². The quantitative estimate of drug-likeness (QED) is 0.767. The van der Waals surface area contributed by atoms with Crippen LogP contribution >= 0.6 is 0 Å². The van der Waals surface area contributed by atoms with Gasteiger partial charge in [0.25, 0.3) is 0 Å². The minimum Gasteiger partial charge on any atom is -0.492 e. The summed E-state index contributed by atoms with van der Waals surface area (Å²) in [4.78, 5) is 0. The first-order chi connectivity index (χ1) is 6.31. The number of ether oxygens (including phenoxy) is 1. The maximum Gasteiger partial charge on any atom is 0.142 e. The van der Waals surface area contributed by atoms with Crippen molar-refractivity contribution >= 4 is 5.69 Å². The highest BCUT2D eigenvalue weighted by molar-refractivity contribution is 5.57. The lowest BCUT2D eigenvalue weighted by Gasteiger charge is -2.10. The molecule has 72 valence electrons. The largest absolute Gasteiger partial charge is 0.492 e. The molecule has 0 spiro atoms. The first-order valence-electron chi connectivity index (χ1n) is 4.75. The second-order valence-electron chi connectivity index (χ2n) is 2.87. The van der Waals surface area contributed by atoms with Crippen molar-refractivity contribution in [2.45, 2.75) is 20.3 Å². The monoisotopic (exact) mass is 179 g/mol. The molecule has 0 amide bonds. The Morgan fingerprint density at radius 2 is 2.08 bits per heavy atom. The molecule has 0 radical (unpaired) electrons. The summed E-state index contributed by atoms with van der Waals surface area (Å²) >= 11 is 0. The van der Waals surface area contributed by atoms with Crippen LogP contribution in [0.4, 0.5) is 5.69 Å². The Bertz CT molecular complexity index is 271. The van der Waals surface area contributed by atoms with Crippen LogP contribution in [-0.4, -0.2) is 13.7 Å². The second kappa shape index (κ2) is 4.75. The third-order valence-corrected chi connectivity index (χ3v) is 2.02. The number of aryl methyl sites for hydroxylation is 1. The molecule has 0 unspecified atom stereocenters. The third-order valence-electron chi connectivity index (χ3n) is 2.02. The van der Waals surface area contributed by atoms with E-state index in [0.29, 0.717) is 6.61 Å². The van der Waals surface area contributed by atoms with Crippen LogP contribution in [0.25, 0.3) is 0 Å². The molecule has 0 aliphatic heterocycles. The molecule has 13 heavy (non-hydrogen) atoms. The Morgan fingerprint density at radius 3 is 2.62 bits per heavy atom. The Hall–Kier alpha value is -1.18. The molecule has 2 nitrogen and oxygen atoms in total. The van der Waals surface area contributed by atoms with Gasteiger partial charge in [-0.05, 0) is 31.0 Å². The molecule has 0 atom stereocenters. The zero-order valence-electron chi connectivity index (χ0n) is 8.55. The highest BCUT2D eigenvalue weighted by atomic mass is 16.5. The van der Waals surface area contributed by atoms with Crippen LogP contribution in [-0.2, 0) is 6.42 Å². The summed E-state index contributed by atoms with van der Waals surface area (Å²) in [5, 5.41) is 3.13. The molecule has 2 heteroatoms. The number of hydrogen-bond acceptors (Lipinski definition) is 2. The van der Waals surface area contributed by atoms with Crippen molar-refractivity contribution in [3.8, 4) is 5.75 Å². The van der Waals surface area contributed by atoms with Crippen LogP contribution in [0.1, 0.15) is 19.4 Å². The normalized spacial score (nSPS) is 9.77. The Labute approximate surface area is 79.9 Å². The van der Waals surface area contributed by atoms with E-state index >= 15 is 0 Å². The first kappa shape index (κ1) is 9.90. The van der Waals surface area contributed by atoms with Gasteiger partial charge in [0.2, 0.25) is 0 Å². The molecule has 0 saturated carbocycles. The van der Waals surface area contributed by atoms with E-state index in [1.807, 2.05) is 20.0 Å². The molecular formula is C11H17NO. The lowest BCUT2D eigenvalue weighted by atomic mass is 10.1.